The number of nitrogens with zero attached hydrogens (tertiary/aromatic N) is 1. The second-order valence-corrected chi connectivity index (χ2v) is 5.55. The van der Waals surface area contributed by atoms with Crippen LogP contribution in [0.4, 0.5) is 0 Å². The number of hydrogen-bond donors (Lipinski definition) is 0. The van der Waals surface area contributed by atoms with Gasteiger partial charge in [-0.3, -0.25) is 4.79 Å². The molecule has 2 aliphatic heterocycles. The van der Waals surface area contributed by atoms with E-state index in [4.69, 9.17) is 14.2 Å². The topological polar surface area (TPSA) is 48.0 Å². The van der Waals surface area contributed by atoms with Gasteiger partial charge in [-0.2, -0.15) is 0 Å². The molecule has 1 amide bonds. The van der Waals surface area contributed by atoms with E-state index in [1.165, 1.54) is 6.42 Å². The van der Waals surface area contributed by atoms with Gasteiger partial charge in [-0.25, -0.2) is 0 Å². The first-order chi connectivity index (χ1) is 10.2. The normalized spacial score (nSPS) is 21.0. The summed E-state index contributed by atoms with van der Waals surface area (Å²) < 4.78 is 16.5. The predicted molar refractivity (Wildman–Crippen MR) is 78.3 cm³/mol. The van der Waals surface area contributed by atoms with Crippen LogP contribution in [0.2, 0.25) is 0 Å². The van der Waals surface area contributed by atoms with Gasteiger partial charge in [0.1, 0.15) is 13.2 Å². The number of carbonyl (C=O) groups is 1. The number of methoxy groups -OCH3 is 1. The van der Waals surface area contributed by atoms with Gasteiger partial charge in [-0.1, -0.05) is 0 Å². The zero-order valence-electron chi connectivity index (χ0n) is 12.6. The van der Waals surface area contributed by atoms with Crippen LogP contribution in [0.5, 0.6) is 17.2 Å². The molecular formula is C16H21NO4. The molecule has 0 bridgehead atoms. The summed E-state index contributed by atoms with van der Waals surface area (Å²) in [5.41, 5.74) is 0.602. The third-order valence-electron chi connectivity index (χ3n) is 4.14. The van der Waals surface area contributed by atoms with E-state index in [0.717, 1.165) is 19.4 Å². The highest BCUT2D eigenvalue weighted by molar-refractivity contribution is 5.96. The average Bonchev–Trinajstić information content (AvgIpc) is 2.53. The molecule has 2 aliphatic rings. The molecule has 114 valence electrons. The number of carbonyl (C=O) groups excluding carboxylic acids is 1. The molecule has 1 aromatic carbocycles. The van der Waals surface area contributed by atoms with Crippen molar-refractivity contribution in [2.75, 3.05) is 26.9 Å². The van der Waals surface area contributed by atoms with Gasteiger partial charge in [0.05, 0.1) is 7.11 Å². The molecule has 21 heavy (non-hydrogen) atoms. The summed E-state index contributed by atoms with van der Waals surface area (Å²) in [7, 11) is 1.57. The number of benzene rings is 1. The number of ether oxygens (including phenoxy) is 3. The van der Waals surface area contributed by atoms with Crippen molar-refractivity contribution < 1.29 is 19.0 Å². The molecule has 0 N–H and O–H groups in total. The Kier molecular flexibility index (Phi) is 3.90. The van der Waals surface area contributed by atoms with Gasteiger partial charge in [-0.05, 0) is 38.3 Å². The Hall–Kier alpha value is -1.91. The lowest BCUT2D eigenvalue weighted by Crippen LogP contribution is -2.42. The minimum absolute atomic E-state index is 0.0393. The van der Waals surface area contributed by atoms with Gasteiger partial charge < -0.3 is 19.1 Å². The van der Waals surface area contributed by atoms with Crippen molar-refractivity contribution in [1.29, 1.82) is 0 Å². The van der Waals surface area contributed by atoms with E-state index in [1.807, 2.05) is 4.90 Å². The van der Waals surface area contributed by atoms with Crippen LogP contribution in [-0.2, 0) is 0 Å². The number of rotatable bonds is 2. The van der Waals surface area contributed by atoms with Crippen LogP contribution in [0.25, 0.3) is 0 Å². The summed E-state index contributed by atoms with van der Waals surface area (Å²) in [4.78, 5) is 14.7. The Bertz CT molecular complexity index is 526. The van der Waals surface area contributed by atoms with Crippen molar-refractivity contribution in [1.82, 2.24) is 4.90 Å². The standard InChI is InChI=1S/C16H21NO4/c1-11-5-3-4-6-17(11)16(18)12-9-13(19-2)15-14(10-12)20-7-8-21-15/h9-11H,3-8H2,1-2H3/t11-/m1/s1. The lowest BCUT2D eigenvalue weighted by Gasteiger charge is -2.33. The first kappa shape index (κ1) is 14.0. The summed E-state index contributed by atoms with van der Waals surface area (Å²) in [6, 6.07) is 3.79. The van der Waals surface area contributed by atoms with Gasteiger partial charge in [0, 0.05) is 18.2 Å². The molecular weight excluding hydrogens is 270 g/mol. The molecule has 5 nitrogen and oxygen atoms in total. The van der Waals surface area contributed by atoms with Crippen molar-refractivity contribution >= 4 is 5.91 Å². The maximum atomic E-state index is 12.7. The second kappa shape index (κ2) is 5.84. The number of fused-ring (bicyclic) bond motifs is 1. The fourth-order valence-corrected chi connectivity index (χ4v) is 2.96. The van der Waals surface area contributed by atoms with Crippen LogP contribution >= 0.6 is 0 Å². The summed E-state index contributed by atoms with van der Waals surface area (Å²) in [5.74, 6) is 1.78. The van der Waals surface area contributed by atoms with Crippen LogP contribution in [0.1, 0.15) is 36.5 Å². The monoisotopic (exact) mass is 291 g/mol. The third-order valence-corrected chi connectivity index (χ3v) is 4.14. The summed E-state index contributed by atoms with van der Waals surface area (Å²) >= 11 is 0. The number of piperidine rings is 1. The maximum absolute atomic E-state index is 12.7. The van der Waals surface area contributed by atoms with Crippen LogP contribution in [0.3, 0.4) is 0 Å². The van der Waals surface area contributed by atoms with E-state index in [-0.39, 0.29) is 11.9 Å². The lowest BCUT2D eigenvalue weighted by molar-refractivity contribution is 0.0634. The van der Waals surface area contributed by atoms with Crippen LogP contribution < -0.4 is 14.2 Å². The van der Waals surface area contributed by atoms with E-state index in [1.54, 1.807) is 19.2 Å². The Morgan fingerprint density at radius 3 is 2.86 bits per heavy atom. The van der Waals surface area contributed by atoms with E-state index in [9.17, 15) is 4.79 Å². The molecule has 5 heteroatoms. The van der Waals surface area contributed by atoms with Crippen LogP contribution in [0.15, 0.2) is 12.1 Å². The third kappa shape index (κ3) is 2.64. The van der Waals surface area contributed by atoms with Crippen molar-refractivity contribution in [3.63, 3.8) is 0 Å². The van der Waals surface area contributed by atoms with Crippen molar-refractivity contribution in [2.45, 2.75) is 32.2 Å². The number of hydrogen-bond acceptors (Lipinski definition) is 4. The Labute approximate surface area is 124 Å². The molecule has 0 radical (unpaired) electrons. The van der Waals surface area contributed by atoms with Crippen LogP contribution in [-0.4, -0.2) is 43.7 Å². The van der Waals surface area contributed by atoms with E-state index in [0.29, 0.717) is 36.0 Å². The first-order valence-electron chi connectivity index (χ1n) is 7.49. The zero-order chi connectivity index (χ0) is 14.8. The van der Waals surface area contributed by atoms with E-state index in [2.05, 4.69) is 6.92 Å². The number of amides is 1. The lowest BCUT2D eigenvalue weighted by atomic mass is 10.0. The molecule has 1 fully saturated rings. The largest absolute Gasteiger partial charge is 0.493 e. The van der Waals surface area contributed by atoms with Gasteiger partial charge >= 0.3 is 0 Å². The molecule has 0 spiro atoms. The average molecular weight is 291 g/mol. The second-order valence-electron chi connectivity index (χ2n) is 5.55. The summed E-state index contributed by atoms with van der Waals surface area (Å²) in [6.07, 6.45) is 3.32. The fraction of sp³-hybridized carbons (Fsp3) is 0.562. The SMILES string of the molecule is COc1cc(C(=O)N2CCCC[C@H]2C)cc2c1OCCO2. The highest BCUT2D eigenvalue weighted by atomic mass is 16.6. The zero-order valence-corrected chi connectivity index (χ0v) is 12.6. The minimum atomic E-state index is 0.0393. The quantitative estimate of drug-likeness (QED) is 0.840. The van der Waals surface area contributed by atoms with Crippen molar-refractivity contribution in [2.24, 2.45) is 0 Å². The Morgan fingerprint density at radius 1 is 1.29 bits per heavy atom. The molecule has 1 saturated heterocycles. The Balaban J connectivity index is 1.92. The molecule has 0 aliphatic carbocycles. The van der Waals surface area contributed by atoms with E-state index < -0.39 is 0 Å². The summed E-state index contributed by atoms with van der Waals surface area (Å²) in [6.45, 7) is 3.91. The molecule has 1 atom stereocenters. The van der Waals surface area contributed by atoms with Gasteiger partial charge in [-0.15, -0.1) is 0 Å². The molecule has 1 aromatic rings. The molecule has 3 rings (SSSR count). The molecule has 2 heterocycles. The van der Waals surface area contributed by atoms with Gasteiger partial charge in [0.25, 0.3) is 5.91 Å². The summed E-state index contributed by atoms with van der Waals surface area (Å²) in [5, 5.41) is 0. The number of likely N-dealkylation sites (tertiary alicyclic amines) is 1. The Morgan fingerprint density at radius 2 is 2.10 bits per heavy atom. The molecule has 0 aromatic heterocycles. The first-order valence-corrected chi connectivity index (χ1v) is 7.49. The van der Waals surface area contributed by atoms with E-state index >= 15 is 0 Å². The molecule has 0 saturated carbocycles. The van der Waals surface area contributed by atoms with Crippen molar-refractivity contribution in [3.8, 4) is 17.2 Å². The highest BCUT2D eigenvalue weighted by Gasteiger charge is 2.27. The van der Waals surface area contributed by atoms with Crippen LogP contribution in [0, 0.1) is 0 Å². The fourth-order valence-electron chi connectivity index (χ4n) is 2.96. The smallest absolute Gasteiger partial charge is 0.254 e. The maximum Gasteiger partial charge on any atom is 0.254 e. The van der Waals surface area contributed by atoms with Gasteiger partial charge in [0.2, 0.25) is 5.75 Å². The predicted octanol–water partition coefficient (Wildman–Crippen LogP) is 2.48. The highest BCUT2D eigenvalue weighted by Crippen LogP contribution is 2.40. The molecule has 0 unspecified atom stereocenters. The minimum Gasteiger partial charge on any atom is -0.493 e. The van der Waals surface area contributed by atoms with Crippen molar-refractivity contribution in [3.05, 3.63) is 17.7 Å². The van der Waals surface area contributed by atoms with Gasteiger partial charge in [0.15, 0.2) is 11.5 Å².